The summed E-state index contributed by atoms with van der Waals surface area (Å²) >= 11 is 1.56. The van der Waals surface area contributed by atoms with E-state index in [4.69, 9.17) is 14.2 Å². The standard InChI is InChI=1S/C27H29NO5S/c1-16-24(27(30)33-15-18-7-5-11-32-18)26(23-10-6-12-34-23)25-20(28-16)13-17(14-21(25)29)19-8-3-4-9-22(19)31-2/h3-4,6,8-10,12,17-18,26,28H,5,7,11,13-15H2,1-2H3/t17-,18-,26+/m1/s1. The van der Waals surface area contributed by atoms with E-state index < -0.39 is 5.92 Å². The highest BCUT2D eigenvalue weighted by molar-refractivity contribution is 7.10. The van der Waals surface area contributed by atoms with Crippen LogP contribution in [0.25, 0.3) is 0 Å². The van der Waals surface area contributed by atoms with Crippen LogP contribution < -0.4 is 10.1 Å². The van der Waals surface area contributed by atoms with E-state index in [1.807, 2.05) is 48.7 Å². The predicted octanol–water partition coefficient (Wildman–Crippen LogP) is 4.84. The first-order valence-corrected chi connectivity index (χ1v) is 12.6. The molecule has 2 aliphatic heterocycles. The third kappa shape index (κ3) is 4.30. The van der Waals surface area contributed by atoms with Gasteiger partial charge in [-0.3, -0.25) is 4.79 Å². The summed E-state index contributed by atoms with van der Waals surface area (Å²) in [6.07, 6.45) is 2.89. The van der Waals surface area contributed by atoms with Crippen molar-refractivity contribution in [2.75, 3.05) is 20.3 Å². The quantitative estimate of drug-likeness (QED) is 0.598. The van der Waals surface area contributed by atoms with Crippen LogP contribution in [0.2, 0.25) is 0 Å². The zero-order valence-electron chi connectivity index (χ0n) is 19.5. The number of hydrogen-bond acceptors (Lipinski definition) is 7. The van der Waals surface area contributed by atoms with Gasteiger partial charge in [0.15, 0.2) is 5.78 Å². The van der Waals surface area contributed by atoms with Gasteiger partial charge in [0, 0.05) is 40.8 Å². The van der Waals surface area contributed by atoms with Crippen molar-refractivity contribution in [1.82, 2.24) is 5.32 Å². The van der Waals surface area contributed by atoms with Crippen molar-refractivity contribution >= 4 is 23.1 Å². The number of Topliss-reactive ketones (excluding diaryl/α,β-unsaturated/α-hetero) is 1. The molecule has 7 heteroatoms. The monoisotopic (exact) mass is 479 g/mol. The van der Waals surface area contributed by atoms with E-state index in [-0.39, 0.29) is 30.4 Å². The van der Waals surface area contributed by atoms with E-state index in [2.05, 4.69) is 5.32 Å². The Kier molecular flexibility index (Phi) is 6.57. The molecule has 1 aliphatic carbocycles. The van der Waals surface area contributed by atoms with Crippen molar-refractivity contribution in [2.45, 2.75) is 50.5 Å². The number of para-hydroxylation sites is 1. The van der Waals surface area contributed by atoms with Gasteiger partial charge < -0.3 is 19.5 Å². The Morgan fingerprint density at radius 3 is 2.79 bits per heavy atom. The molecule has 5 rings (SSSR count). The van der Waals surface area contributed by atoms with Crippen molar-refractivity contribution in [3.8, 4) is 5.75 Å². The maximum Gasteiger partial charge on any atom is 0.336 e. The minimum Gasteiger partial charge on any atom is -0.496 e. The average molecular weight is 480 g/mol. The van der Waals surface area contributed by atoms with Crippen LogP contribution in [0.15, 0.2) is 64.3 Å². The van der Waals surface area contributed by atoms with Gasteiger partial charge >= 0.3 is 5.97 Å². The van der Waals surface area contributed by atoms with Gasteiger partial charge in [-0.25, -0.2) is 4.79 Å². The predicted molar refractivity (Wildman–Crippen MR) is 130 cm³/mol. The molecule has 178 valence electrons. The maximum absolute atomic E-state index is 13.6. The van der Waals surface area contributed by atoms with Crippen LogP contribution in [-0.4, -0.2) is 38.2 Å². The van der Waals surface area contributed by atoms with Gasteiger partial charge in [0.2, 0.25) is 0 Å². The van der Waals surface area contributed by atoms with Gasteiger partial charge in [0.05, 0.1) is 24.7 Å². The molecule has 0 spiro atoms. The number of rotatable bonds is 6. The van der Waals surface area contributed by atoms with E-state index in [1.54, 1.807) is 18.4 Å². The molecule has 0 bridgehead atoms. The van der Waals surface area contributed by atoms with Crippen LogP contribution in [0, 0.1) is 0 Å². The summed E-state index contributed by atoms with van der Waals surface area (Å²) in [4.78, 5) is 27.9. The fourth-order valence-corrected chi connectivity index (χ4v) is 6.14. The van der Waals surface area contributed by atoms with Gasteiger partial charge in [-0.1, -0.05) is 24.3 Å². The van der Waals surface area contributed by atoms with E-state index in [0.29, 0.717) is 30.6 Å². The lowest BCUT2D eigenvalue weighted by Crippen LogP contribution is -2.36. The number of hydrogen-bond donors (Lipinski definition) is 1. The smallest absolute Gasteiger partial charge is 0.336 e. The van der Waals surface area contributed by atoms with Crippen LogP contribution >= 0.6 is 11.3 Å². The number of esters is 1. The van der Waals surface area contributed by atoms with Gasteiger partial charge in [-0.2, -0.15) is 0 Å². The van der Waals surface area contributed by atoms with Gasteiger partial charge in [-0.15, -0.1) is 11.3 Å². The molecule has 2 aromatic rings. The van der Waals surface area contributed by atoms with E-state index in [9.17, 15) is 9.59 Å². The molecule has 0 amide bonds. The number of carbonyl (C=O) groups excluding carboxylic acids is 2. The number of dihydropyridines is 1. The van der Waals surface area contributed by atoms with Gasteiger partial charge in [-0.05, 0) is 49.3 Å². The Hall–Kier alpha value is -2.90. The van der Waals surface area contributed by atoms with Crippen LogP contribution in [0.5, 0.6) is 5.75 Å². The van der Waals surface area contributed by atoms with Crippen molar-refractivity contribution in [3.63, 3.8) is 0 Å². The number of carbonyl (C=O) groups is 2. The summed E-state index contributed by atoms with van der Waals surface area (Å²) in [6.45, 7) is 2.84. The lowest BCUT2D eigenvalue weighted by atomic mass is 9.73. The van der Waals surface area contributed by atoms with Crippen LogP contribution in [0.3, 0.4) is 0 Å². The van der Waals surface area contributed by atoms with Crippen molar-refractivity contribution in [1.29, 1.82) is 0 Å². The lowest BCUT2D eigenvalue weighted by Gasteiger charge is -2.36. The summed E-state index contributed by atoms with van der Waals surface area (Å²) in [5, 5.41) is 5.39. The highest BCUT2D eigenvalue weighted by Crippen LogP contribution is 2.47. The second-order valence-electron chi connectivity index (χ2n) is 9.01. The van der Waals surface area contributed by atoms with Crippen LogP contribution in [0.1, 0.15) is 54.9 Å². The third-order valence-corrected chi connectivity index (χ3v) is 7.82. The zero-order chi connectivity index (χ0) is 23.7. The first-order valence-electron chi connectivity index (χ1n) is 11.8. The SMILES string of the molecule is COc1ccccc1[C@H]1CC(=O)C2=C(C1)NC(C)=C(C(=O)OC[C@H]1CCCO1)[C@@H]2c1cccs1. The zero-order valence-corrected chi connectivity index (χ0v) is 20.3. The number of nitrogens with one attached hydrogen (secondary N) is 1. The molecule has 0 saturated carbocycles. The number of ether oxygens (including phenoxy) is 3. The molecular formula is C27H29NO5S. The fraction of sp³-hybridized carbons (Fsp3) is 0.407. The molecule has 1 aromatic heterocycles. The second kappa shape index (κ2) is 9.76. The van der Waals surface area contributed by atoms with E-state index in [0.717, 1.165) is 40.4 Å². The molecule has 1 aromatic carbocycles. The van der Waals surface area contributed by atoms with E-state index in [1.165, 1.54) is 0 Å². The van der Waals surface area contributed by atoms with Gasteiger partial charge in [0.1, 0.15) is 12.4 Å². The molecular weight excluding hydrogens is 450 g/mol. The molecule has 0 radical (unpaired) electrons. The molecule has 1 saturated heterocycles. The second-order valence-corrected chi connectivity index (χ2v) is 9.99. The molecule has 3 aliphatic rings. The summed E-state index contributed by atoms with van der Waals surface area (Å²) < 4.78 is 16.9. The number of allylic oxidation sites excluding steroid dienone is 3. The lowest BCUT2D eigenvalue weighted by molar-refractivity contribution is -0.142. The number of methoxy groups -OCH3 is 1. The summed E-state index contributed by atoms with van der Waals surface area (Å²) in [7, 11) is 1.65. The highest BCUT2D eigenvalue weighted by atomic mass is 32.1. The highest BCUT2D eigenvalue weighted by Gasteiger charge is 2.42. The first kappa shape index (κ1) is 22.9. The number of thiophene rings is 1. The largest absolute Gasteiger partial charge is 0.496 e. The fourth-order valence-electron chi connectivity index (χ4n) is 5.30. The number of ketones is 1. The van der Waals surface area contributed by atoms with Crippen LogP contribution in [0.4, 0.5) is 0 Å². The molecule has 1 N–H and O–H groups in total. The summed E-state index contributed by atoms with van der Waals surface area (Å²) in [5.74, 6) is 0.0600. The maximum atomic E-state index is 13.6. The Bertz CT molecular complexity index is 1140. The Morgan fingerprint density at radius 1 is 1.21 bits per heavy atom. The van der Waals surface area contributed by atoms with Crippen molar-refractivity contribution in [2.24, 2.45) is 0 Å². The Morgan fingerprint density at radius 2 is 2.06 bits per heavy atom. The molecule has 1 fully saturated rings. The topological polar surface area (TPSA) is 73.9 Å². The van der Waals surface area contributed by atoms with Crippen molar-refractivity contribution < 1.29 is 23.8 Å². The minimum absolute atomic E-state index is 0.0136. The van der Waals surface area contributed by atoms with Crippen molar-refractivity contribution in [3.05, 3.63) is 74.8 Å². The molecule has 3 heterocycles. The normalized spacial score (nSPS) is 24.6. The Balaban J connectivity index is 1.47. The molecule has 34 heavy (non-hydrogen) atoms. The first-order chi connectivity index (χ1) is 16.6. The average Bonchev–Trinajstić information content (AvgIpc) is 3.56. The number of benzene rings is 1. The molecule has 3 atom stereocenters. The van der Waals surface area contributed by atoms with Crippen LogP contribution in [-0.2, 0) is 19.1 Å². The molecule has 6 nitrogen and oxygen atoms in total. The summed E-state index contributed by atoms with van der Waals surface area (Å²) in [5.41, 5.74) is 3.86. The third-order valence-electron chi connectivity index (χ3n) is 6.88. The summed E-state index contributed by atoms with van der Waals surface area (Å²) in [6, 6.07) is 11.8. The molecule has 0 unspecified atom stereocenters. The van der Waals surface area contributed by atoms with Gasteiger partial charge in [0.25, 0.3) is 0 Å². The Labute approximate surface area is 203 Å². The minimum atomic E-state index is -0.417. The van der Waals surface area contributed by atoms with E-state index >= 15 is 0 Å².